The lowest BCUT2D eigenvalue weighted by atomic mass is 9.79. The van der Waals surface area contributed by atoms with Crippen molar-refractivity contribution in [3.05, 3.63) is 0 Å². The van der Waals surface area contributed by atoms with Gasteiger partial charge in [-0.05, 0) is 37.6 Å². The molecule has 1 N–H and O–H groups in total. The fraction of sp³-hybridized carbons (Fsp3) is 1.00. The quantitative estimate of drug-likeness (QED) is 0.793. The molecule has 2 fully saturated rings. The van der Waals surface area contributed by atoms with Gasteiger partial charge in [0.25, 0.3) is 0 Å². The van der Waals surface area contributed by atoms with Crippen molar-refractivity contribution >= 4 is 9.84 Å². The van der Waals surface area contributed by atoms with Crippen molar-refractivity contribution < 1.29 is 8.42 Å². The van der Waals surface area contributed by atoms with Crippen molar-refractivity contribution in [1.82, 2.24) is 5.32 Å². The highest BCUT2D eigenvalue weighted by Gasteiger charge is 2.31. The largest absolute Gasteiger partial charge is 0.314 e. The topological polar surface area (TPSA) is 46.2 Å². The lowest BCUT2D eigenvalue weighted by Crippen LogP contribution is -2.34. The smallest absolute Gasteiger partial charge is 0.150 e. The molecule has 100 valence electrons. The van der Waals surface area contributed by atoms with Crippen molar-refractivity contribution in [1.29, 1.82) is 0 Å². The van der Waals surface area contributed by atoms with Gasteiger partial charge >= 0.3 is 0 Å². The summed E-state index contributed by atoms with van der Waals surface area (Å²) in [6.45, 7) is 3.13. The lowest BCUT2D eigenvalue weighted by molar-refractivity contribution is 0.244. The van der Waals surface area contributed by atoms with Crippen LogP contribution in [0.4, 0.5) is 0 Å². The van der Waals surface area contributed by atoms with Gasteiger partial charge in [-0.1, -0.05) is 26.2 Å². The Bertz CT molecular complexity index is 335. The van der Waals surface area contributed by atoms with Crippen LogP contribution in [0.15, 0.2) is 0 Å². The molecule has 2 atom stereocenters. The van der Waals surface area contributed by atoms with Crippen LogP contribution in [0.1, 0.15) is 45.4 Å². The molecule has 1 heterocycles. The first kappa shape index (κ1) is 13.3. The average Bonchev–Trinajstić information content (AvgIpc) is 2.52. The summed E-state index contributed by atoms with van der Waals surface area (Å²) in [6, 6.07) is 0.545. The lowest BCUT2D eigenvalue weighted by Gasteiger charge is -2.31. The van der Waals surface area contributed by atoms with Gasteiger partial charge in [0.05, 0.1) is 11.5 Å². The number of sulfone groups is 1. The highest BCUT2D eigenvalue weighted by Crippen LogP contribution is 2.33. The van der Waals surface area contributed by atoms with Crippen molar-refractivity contribution in [2.45, 2.75) is 51.5 Å². The molecule has 0 aromatic heterocycles. The number of hydrogen-bond acceptors (Lipinski definition) is 3. The standard InChI is InChI=1S/C13H25NO2S/c1-2-14-13(8-11-4-3-5-11)9-12-6-7-17(15,16)10-12/h11-14H,2-10H2,1H3. The monoisotopic (exact) mass is 259 g/mol. The maximum absolute atomic E-state index is 11.4. The first-order valence-electron chi connectivity index (χ1n) is 7.03. The van der Waals surface area contributed by atoms with Gasteiger partial charge in [-0.25, -0.2) is 8.42 Å². The zero-order valence-electron chi connectivity index (χ0n) is 10.8. The SMILES string of the molecule is CCNC(CC1CCC1)CC1CCS(=O)(=O)C1. The molecule has 1 aliphatic carbocycles. The molecule has 0 aromatic rings. The summed E-state index contributed by atoms with van der Waals surface area (Å²) in [7, 11) is -2.70. The summed E-state index contributed by atoms with van der Waals surface area (Å²) >= 11 is 0. The number of hydrogen-bond donors (Lipinski definition) is 1. The van der Waals surface area contributed by atoms with Crippen LogP contribution in [0, 0.1) is 11.8 Å². The van der Waals surface area contributed by atoms with Crippen molar-refractivity contribution in [3.63, 3.8) is 0 Å². The summed E-state index contributed by atoms with van der Waals surface area (Å²) in [5, 5.41) is 3.54. The maximum Gasteiger partial charge on any atom is 0.150 e. The Morgan fingerprint density at radius 2 is 1.88 bits per heavy atom. The Balaban J connectivity index is 1.80. The molecule has 1 saturated carbocycles. The van der Waals surface area contributed by atoms with Crippen LogP contribution in [0.2, 0.25) is 0 Å². The Morgan fingerprint density at radius 1 is 1.18 bits per heavy atom. The minimum atomic E-state index is -2.70. The molecule has 4 heteroatoms. The van der Waals surface area contributed by atoms with Crippen molar-refractivity contribution in [2.24, 2.45) is 11.8 Å². The van der Waals surface area contributed by atoms with Gasteiger partial charge in [-0.3, -0.25) is 0 Å². The van der Waals surface area contributed by atoms with E-state index in [2.05, 4.69) is 12.2 Å². The maximum atomic E-state index is 11.4. The molecule has 0 spiro atoms. The van der Waals surface area contributed by atoms with E-state index in [0.29, 0.717) is 23.5 Å². The second-order valence-electron chi connectivity index (χ2n) is 5.79. The number of rotatable bonds is 6. The Kier molecular flexibility index (Phi) is 4.47. The average molecular weight is 259 g/mol. The zero-order valence-corrected chi connectivity index (χ0v) is 11.6. The van der Waals surface area contributed by atoms with E-state index in [-0.39, 0.29) is 0 Å². The normalized spacial score (nSPS) is 30.1. The van der Waals surface area contributed by atoms with Gasteiger partial charge in [0.15, 0.2) is 9.84 Å². The van der Waals surface area contributed by atoms with Crippen molar-refractivity contribution in [2.75, 3.05) is 18.1 Å². The molecule has 2 aliphatic rings. The van der Waals surface area contributed by atoms with Crippen LogP contribution in [-0.2, 0) is 9.84 Å². The highest BCUT2D eigenvalue weighted by molar-refractivity contribution is 7.91. The van der Waals surface area contributed by atoms with Gasteiger partial charge in [0.1, 0.15) is 0 Å². The van der Waals surface area contributed by atoms with Gasteiger partial charge in [-0.15, -0.1) is 0 Å². The molecule has 3 nitrogen and oxygen atoms in total. The van der Waals surface area contributed by atoms with Crippen LogP contribution >= 0.6 is 0 Å². The Hall–Kier alpha value is -0.0900. The third kappa shape index (κ3) is 3.95. The van der Waals surface area contributed by atoms with Crippen molar-refractivity contribution in [3.8, 4) is 0 Å². The van der Waals surface area contributed by atoms with E-state index in [1.54, 1.807) is 0 Å². The van der Waals surface area contributed by atoms with Crippen LogP contribution in [0.25, 0.3) is 0 Å². The zero-order chi connectivity index (χ0) is 12.3. The minimum absolute atomic E-state index is 0.407. The van der Waals surface area contributed by atoms with E-state index in [9.17, 15) is 8.42 Å². The summed E-state index contributed by atoms with van der Waals surface area (Å²) in [4.78, 5) is 0. The third-order valence-electron chi connectivity index (χ3n) is 4.28. The van der Waals surface area contributed by atoms with Gasteiger partial charge in [0, 0.05) is 6.04 Å². The molecular formula is C13H25NO2S. The summed E-state index contributed by atoms with van der Waals surface area (Å²) in [6.07, 6.45) is 7.35. The molecule has 0 bridgehead atoms. The molecule has 1 aliphatic heterocycles. The second kappa shape index (κ2) is 5.70. The van der Waals surface area contributed by atoms with Crippen LogP contribution in [0.5, 0.6) is 0 Å². The molecule has 1 saturated heterocycles. The van der Waals surface area contributed by atoms with E-state index in [1.807, 2.05) is 0 Å². The molecule has 0 radical (unpaired) electrons. The fourth-order valence-electron chi connectivity index (χ4n) is 3.14. The first-order valence-corrected chi connectivity index (χ1v) is 8.85. The predicted molar refractivity (Wildman–Crippen MR) is 70.8 cm³/mol. The summed E-state index contributed by atoms with van der Waals surface area (Å²) < 4.78 is 22.9. The van der Waals surface area contributed by atoms with Crippen LogP contribution in [0.3, 0.4) is 0 Å². The predicted octanol–water partition coefficient (Wildman–Crippen LogP) is 1.98. The summed E-state index contributed by atoms with van der Waals surface area (Å²) in [5.41, 5.74) is 0. The molecule has 2 rings (SSSR count). The van der Waals surface area contributed by atoms with E-state index < -0.39 is 9.84 Å². The van der Waals surface area contributed by atoms with Gasteiger partial charge in [-0.2, -0.15) is 0 Å². The Labute approximate surface area is 105 Å². The van der Waals surface area contributed by atoms with Crippen LogP contribution in [-0.4, -0.2) is 32.5 Å². The van der Waals surface area contributed by atoms with Gasteiger partial charge < -0.3 is 5.32 Å². The molecule has 0 amide bonds. The highest BCUT2D eigenvalue weighted by atomic mass is 32.2. The Morgan fingerprint density at radius 3 is 2.35 bits per heavy atom. The van der Waals surface area contributed by atoms with E-state index in [1.165, 1.54) is 25.7 Å². The van der Waals surface area contributed by atoms with Crippen LogP contribution < -0.4 is 5.32 Å². The molecule has 17 heavy (non-hydrogen) atoms. The molecule has 0 aromatic carbocycles. The molecule has 2 unspecified atom stereocenters. The molecular weight excluding hydrogens is 234 g/mol. The van der Waals surface area contributed by atoms with E-state index in [4.69, 9.17) is 0 Å². The fourth-order valence-corrected chi connectivity index (χ4v) is 5.02. The number of nitrogens with one attached hydrogen (secondary N) is 1. The third-order valence-corrected chi connectivity index (χ3v) is 6.12. The minimum Gasteiger partial charge on any atom is -0.314 e. The van der Waals surface area contributed by atoms with E-state index in [0.717, 1.165) is 25.3 Å². The summed E-state index contributed by atoms with van der Waals surface area (Å²) in [5.74, 6) is 2.15. The second-order valence-corrected chi connectivity index (χ2v) is 8.02. The van der Waals surface area contributed by atoms with Gasteiger partial charge in [0.2, 0.25) is 0 Å². The first-order chi connectivity index (χ1) is 8.09. The van der Waals surface area contributed by atoms with E-state index >= 15 is 0 Å².